The summed E-state index contributed by atoms with van der Waals surface area (Å²) in [7, 11) is 0. The van der Waals surface area contributed by atoms with Crippen molar-refractivity contribution in [1.29, 1.82) is 0 Å². The summed E-state index contributed by atoms with van der Waals surface area (Å²) in [5.41, 5.74) is 2.01. The van der Waals surface area contributed by atoms with Crippen molar-refractivity contribution in [1.82, 2.24) is 14.9 Å². The standard InChI is InChI=1S/C18H27N3O2/c1-3-23-15-11-14(18(15)8-6-9-18)20-17(22)16-13-7-4-5-10-21(13)12(2)19-16/h14-15H,3-11H2,1-2H3,(H,20,22). The van der Waals surface area contributed by atoms with E-state index in [4.69, 9.17) is 4.74 Å². The number of fused-ring (bicyclic) bond motifs is 1. The van der Waals surface area contributed by atoms with E-state index < -0.39 is 0 Å². The minimum Gasteiger partial charge on any atom is -0.378 e. The van der Waals surface area contributed by atoms with Crippen molar-refractivity contribution in [2.24, 2.45) is 5.41 Å². The van der Waals surface area contributed by atoms with Gasteiger partial charge in [-0.1, -0.05) is 6.42 Å². The molecule has 1 N–H and O–H groups in total. The molecule has 0 radical (unpaired) electrons. The summed E-state index contributed by atoms with van der Waals surface area (Å²) in [4.78, 5) is 17.4. The lowest BCUT2D eigenvalue weighted by Gasteiger charge is -2.60. The zero-order valence-corrected chi connectivity index (χ0v) is 14.2. The molecule has 1 amide bonds. The number of carbonyl (C=O) groups is 1. The van der Waals surface area contributed by atoms with Gasteiger partial charge in [0.2, 0.25) is 0 Å². The van der Waals surface area contributed by atoms with Gasteiger partial charge in [-0.05, 0) is 52.4 Å². The van der Waals surface area contributed by atoms with Gasteiger partial charge in [0.05, 0.1) is 11.8 Å². The molecule has 2 atom stereocenters. The lowest BCUT2D eigenvalue weighted by atomic mass is 9.51. The van der Waals surface area contributed by atoms with E-state index in [0.29, 0.717) is 11.8 Å². The summed E-state index contributed by atoms with van der Waals surface area (Å²) in [6.45, 7) is 5.83. The van der Waals surface area contributed by atoms with Gasteiger partial charge in [-0.3, -0.25) is 4.79 Å². The van der Waals surface area contributed by atoms with Crippen molar-refractivity contribution < 1.29 is 9.53 Å². The van der Waals surface area contributed by atoms with E-state index in [1.807, 2.05) is 6.92 Å². The third kappa shape index (κ3) is 2.24. The predicted octanol–water partition coefficient (Wildman–Crippen LogP) is 2.61. The Labute approximate surface area is 137 Å². The van der Waals surface area contributed by atoms with Crippen LogP contribution in [-0.2, 0) is 17.7 Å². The number of nitrogens with zero attached hydrogens (tertiary/aromatic N) is 2. The van der Waals surface area contributed by atoms with Gasteiger partial charge in [-0.25, -0.2) is 4.98 Å². The van der Waals surface area contributed by atoms with Gasteiger partial charge in [-0.15, -0.1) is 0 Å². The summed E-state index contributed by atoms with van der Waals surface area (Å²) in [5, 5.41) is 3.28. The number of imidazole rings is 1. The molecule has 2 unspecified atom stereocenters. The van der Waals surface area contributed by atoms with Crippen LogP contribution in [0.5, 0.6) is 0 Å². The maximum absolute atomic E-state index is 12.8. The molecule has 5 nitrogen and oxygen atoms in total. The van der Waals surface area contributed by atoms with Crippen molar-refractivity contribution in [3.8, 4) is 0 Å². The normalized spacial score (nSPS) is 27.9. The molecule has 4 rings (SSSR count). The van der Waals surface area contributed by atoms with E-state index in [2.05, 4.69) is 21.8 Å². The average molecular weight is 317 g/mol. The number of amides is 1. The zero-order valence-electron chi connectivity index (χ0n) is 14.2. The van der Waals surface area contributed by atoms with Crippen LogP contribution < -0.4 is 5.32 Å². The summed E-state index contributed by atoms with van der Waals surface area (Å²) < 4.78 is 8.10. The maximum Gasteiger partial charge on any atom is 0.272 e. The highest BCUT2D eigenvalue weighted by Crippen LogP contribution is 2.57. The Morgan fingerprint density at radius 2 is 2.22 bits per heavy atom. The first-order valence-electron chi connectivity index (χ1n) is 9.14. The summed E-state index contributed by atoms with van der Waals surface area (Å²) >= 11 is 0. The summed E-state index contributed by atoms with van der Waals surface area (Å²) in [5.74, 6) is 0.999. The Morgan fingerprint density at radius 1 is 1.39 bits per heavy atom. The molecule has 1 aromatic rings. The topological polar surface area (TPSA) is 56.1 Å². The molecule has 0 saturated heterocycles. The first-order valence-corrected chi connectivity index (χ1v) is 9.14. The van der Waals surface area contributed by atoms with E-state index in [1.54, 1.807) is 0 Å². The van der Waals surface area contributed by atoms with E-state index in [9.17, 15) is 4.79 Å². The minimum atomic E-state index is 0.0231. The molecule has 0 aromatic carbocycles. The summed E-state index contributed by atoms with van der Waals surface area (Å²) in [6.07, 6.45) is 8.23. The molecule has 1 aromatic heterocycles. The van der Waals surface area contributed by atoms with E-state index in [1.165, 1.54) is 25.7 Å². The fourth-order valence-corrected chi connectivity index (χ4v) is 4.77. The van der Waals surface area contributed by atoms with Crippen LogP contribution >= 0.6 is 0 Å². The zero-order chi connectivity index (χ0) is 16.0. The third-order valence-corrected chi connectivity index (χ3v) is 6.27. The quantitative estimate of drug-likeness (QED) is 0.928. The number of hydrogen-bond acceptors (Lipinski definition) is 3. The van der Waals surface area contributed by atoms with Crippen LogP contribution in [-0.4, -0.2) is 34.2 Å². The first kappa shape index (κ1) is 15.2. The van der Waals surface area contributed by atoms with Crippen LogP contribution in [0.25, 0.3) is 0 Å². The van der Waals surface area contributed by atoms with Crippen molar-refractivity contribution in [3.05, 3.63) is 17.2 Å². The molecule has 2 aliphatic carbocycles. The number of carbonyl (C=O) groups excluding carboxylic acids is 1. The van der Waals surface area contributed by atoms with Crippen LogP contribution in [0, 0.1) is 12.3 Å². The molecule has 1 spiro atoms. The highest BCUT2D eigenvalue weighted by molar-refractivity contribution is 5.94. The number of hydrogen-bond donors (Lipinski definition) is 1. The summed E-state index contributed by atoms with van der Waals surface area (Å²) in [6, 6.07) is 0.265. The second-order valence-corrected chi connectivity index (χ2v) is 7.36. The number of rotatable bonds is 4. The van der Waals surface area contributed by atoms with Gasteiger partial charge in [0.25, 0.3) is 5.91 Å². The second kappa shape index (κ2) is 5.62. The number of ether oxygens (including phenoxy) is 1. The molecule has 126 valence electrons. The second-order valence-electron chi connectivity index (χ2n) is 7.36. The number of nitrogens with one attached hydrogen (secondary N) is 1. The van der Waals surface area contributed by atoms with Crippen molar-refractivity contribution in [2.45, 2.75) is 77.5 Å². The third-order valence-electron chi connectivity index (χ3n) is 6.27. The minimum absolute atomic E-state index is 0.0231. The van der Waals surface area contributed by atoms with Gasteiger partial charge < -0.3 is 14.6 Å². The van der Waals surface area contributed by atoms with Crippen LogP contribution in [0.3, 0.4) is 0 Å². The van der Waals surface area contributed by atoms with Crippen LogP contribution in [0.2, 0.25) is 0 Å². The molecule has 2 saturated carbocycles. The molecule has 3 aliphatic rings. The molecule has 2 fully saturated rings. The molecule has 2 heterocycles. The Hall–Kier alpha value is -1.36. The largest absolute Gasteiger partial charge is 0.378 e. The first-order chi connectivity index (χ1) is 11.2. The van der Waals surface area contributed by atoms with E-state index in [0.717, 1.165) is 43.9 Å². The fourth-order valence-electron chi connectivity index (χ4n) is 4.77. The SMILES string of the molecule is CCOC1CC(NC(=O)c2nc(C)n3c2CCCC3)C12CCC2. The van der Waals surface area contributed by atoms with Gasteiger partial charge in [0.15, 0.2) is 0 Å². The molecule has 5 heteroatoms. The van der Waals surface area contributed by atoms with Crippen LogP contribution in [0.15, 0.2) is 0 Å². The lowest BCUT2D eigenvalue weighted by Crippen LogP contribution is -2.67. The number of aryl methyl sites for hydroxylation is 1. The molecule has 1 aliphatic heterocycles. The van der Waals surface area contributed by atoms with Crippen molar-refractivity contribution >= 4 is 5.91 Å². The Kier molecular flexibility index (Phi) is 3.71. The van der Waals surface area contributed by atoms with Crippen LogP contribution in [0.4, 0.5) is 0 Å². The highest BCUT2D eigenvalue weighted by atomic mass is 16.5. The molecule has 23 heavy (non-hydrogen) atoms. The van der Waals surface area contributed by atoms with E-state index >= 15 is 0 Å². The monoisotopic (exact) mass is 317 g/mol. The molecule has 0 bridgehead atoms. The predicted molar refractivity (Wildman–Crippen MR) is 87.5 cm³/mol. The Morgan fingerprint density at radius 3 is 2.91 bits per heavy atom. The lowest BCUT2D eigenvalue weighted by molar-refractivity contribution is -0.169. The van der Waals surface area contributed by atoms with Gasteiger partial charge in [0, 0.05) is 24.6 Å². The molecular formula is C18H27N3O2. The smallest absolute Gasteiger partial charge is 0.272 e. The highest BCUT2D eigenvalue weighted by Gasteiger charge is 2.59. The maximum atomic E-state index is 12.8. The Bertz CT molecular complexity index is 618. The van der Waals surface area contributed by atoms with Crippen molar-refractivity contribution in [3.63, 3.8) is 0 Å². The van der Waals surface area contributed by atoms with Gasteiger partial charge in [-0.2, -0.15) is 0 Å². The van der Waals surface area contributed by atoms with Crippen molar-refractivity contribution in [2.75, 3.05) is 6.61 Å². The Balaban J connectivity index is 1.49. The van der Waals surface area contributed by atoms with Gasteiger partial charge >= 0.3 is 0 Å². The van der Waals surface area contributed by atoms with Crippen LogP contribution in [0.1, 0.15) is 67.5 Å². The van der Waals surface area contributed by atoms with E-state index in [-0.39, 0.29) is 17.4 Å². The fraction of sp³-hybridized carbons (Fsp3) is 0.778. The molecular weight excluding hydrogens is 290 g/mol. The number of aromatic nitrogens is 2. The van der Waals surface area contributed by atoms with Gasteiger partial charge in [0.1, 0.15) is 11.5 Å². The average Bonchev–Trinajstić information content (AvgIpc) is 2.82.